The zero-order valence-corrected chi connectivity index (χ0v) is 19.3. The third-order valence-corrected chi connectivity index (χ3v) is 6.18. The monoisotopic (exact) mass is 459 g/mol. The molecule has 1 fully saturated rings. The number of carbonyl (C=O) groups is 2. The Balaban J connectivity index is 1.72. The summed E-state index contributed by atoms with van der Waals surface area (Å²) in [5.74, 6) is -2.26. The van der Waals surface area contributed by atoms with Crippen LogP contribution >= 0.6 is 0 Å². The molecular weight excluding hydrogens is 428 g/mol. The molecule has 1 N–H and O–H groups in total. The first-order valence-corrected chi connectivity index (χ1v) is 11.3. The van der Waals surface area contributed by atoms with Crippen LogP contribution in [-0.2, 0) is 14.3 Å². The van der Waals surface area contributed by atoms with Crippen LogP contribution in [0.2, 0.25) is 0 Å². The molecule has 1 atom stereocenters. The Morgan fingerprint density at radius 1 is 1.00 bits per heavy atom. The molecule has 33 heavy (non-hydrogen) atoms. The largest absolute Gasteiger partial charge is 0.468 e. The first-order valence-electron chi connectivity index (χ1n) is 11.3. The van der Waals surface area contributed by atoms with E-state index in [9.17, 15) is 18.4 Å². The number of methoxy groups -OCH3 is 1. The number of esters is 1. The number of anilines is 2. The fourth-order valence-corrected chi connectivity index (χ4v) is 4.29. The van der Waals surface area contributed by atoms with Crippen molar-refractivity contribution >= 4 is 23.3 Å². The molecule has 1 saturated heterocycles. The average molecular weight is 460 g/mol. The lowest BCUT2D eigenvalue weighted by molar-refractivity contribution is -0.147. The Kier molecular flexibility index (Phi) is 8.38. The van der Waals surface area contributed by atoms with Gasteiger partial charge >= 0.3 is 5.97 Å². The normalized spacial score (nSPS) is 15.4. The van der Waals surface area contributed by atoms with Crippen molar-refractivity contribution in [3.8, 4) is 0 Å². The zero-order chi connectivity index (χ0) is 24.0. The van der Waals surface area contributed by atoms with E-state index in [1.54, 1.807) is 4.90 Å². The highest BCUT2D eigenvalue weighted by Crippen LogP contribution is 2.30. The van der Waals surface area contributed by atoms with Crippen molar-refractivity contribution in [1.29, 1.82) is 0 Å². The first-order chi connectivity index (χ1) is 15.9. The SMILES string of the molecule is CCC(CC)C(=O)Nc1cc(F)c(N2CCN(C(C(=O)OC)c3ccccc3)CC2)c(F)c1. The maximum atomic E-state index is 14.9. The van der Waals surface area contributed by atoms with Crippen LogP contribution in [0.1, 0.15) is 38.3 Å². The number of piperazine rings is 1. The second-order valence-corrected chi connectivity index (χ2v) is 8.15. The molecule has 1 unspecified atom stereocenters. The van der Waals surface area contributed by atoms with E-state index in [0.717, 1.165) is 17.7 Å². The molecule has 1 aliphatic rings. The summed E-state index contributed by atoms with van der Waals surface area (Å²) in [4.78, 5) is 28.3. The Morgan fingerprint density at radius 3 is 2.09 bits per heavy atom. The highest BCUT2D eigenvalue weighted by Gasteiger charge is 2.32. The first kappa shape index (κ1) is 24.6. The average Bonchev–Trinajstić information content (AvgIpc) is 2.81. The van der Waals surface area contributed by atoms with Crippen molar-refractivity contribution in [1.82, 2.24) is 4.90 Å². The van der Waals surface area contributed by atoms with Gasteiger partial charge in [-0.2, -0.15) is 0 Å². The molecule has 0 radical (unpaired) electrons. The third kappa shape index (κ3) is 5.68. The van der Waals surface area contributed by atoms with Gasteiger partial charge in [0, 0.05) is 37.8 Å². The van der Waals surface area contributed by atoms with Gasteiger partial charge in [0.2, 0.25) is 5.91 Å². The van der Waals surface area contributed by atoms with E-state index in [2.05, 4.69) is 5.32 Å². The number of nitrogens with one attached hydrogen (secondary N) is 1. The van der Waals surface area contributed by atoms with Crippen LogP contribution in [0, 0.1) is 17.6 Å². The molecule has 8 heteroatoms. The molecule has 0 aromatic heterocycles. The fourth-order valence-electron chi connectivity index (χ4n) is 4.29. The zero-order valence-electron chi connectivity index (χ0n) is 19.3. The number of carbonyl (C=O) groups excluding carboxylic acids is 2. The van der Waals surface area contributed by atoms with E-state index >= 15 is 0 Å². The minimum atomic E-state index is -0.726. The lowest BCUT2D eigenvalue weighted by Gasteiger charge is -2.39. The second-order valence-electron chi connectivity index (χ2n) is 8.15. The van der Waals surface area contributed by atoms with Crippen molar-refractivity contribution in [3.63, 3.8) is 0 Å². The number of amides is 1. The molecule has 1 amide bonds. The highest BCUT2D eigenvalue weighted by atomic mass is 19.1. The lowest BCUT2D eigenvalue weighted by atomic mass is 10.0. The molecule has 178 valence electrons. The van der Waals surface area contributed by atoms with Crippen molar-refractivity contribution in [2.45, 2.75) is 32.7 Å². The summed E-state index contributed by atoms with van der Waals surface area (Å²) >= 11 is 0. The van der Waals surface area contributed by atoms with Crippen LogP contribution in [0.15, 0.2) is 42.5 Å². The van der Waals surface area contributed by atoms with Gasteiger partial charge in [0.05, 0.1) is 7.11 Å². The Morgan fingerprint density at radius 2 is 1.58 bits per heavy atom. The van der Waals surface area contributed by atoms with Crippen molar-refractivity contribution in [2.24, 2.45) is 5.92 Å². The molecule has 0 spiro atoms. The van der Waals surface area contributed by atoms with Crippen LogP contribution in [0.3, 0.4) is 0 Å². The van der Waals surface area contributed by atoms with E-state index in [4.69, 9.17) is 4.74 Å². The standard InChI is InChI=1S/C25H31F2N3O3/c1-4-17(5-2)24(31)28-19-15-20(26)23(21(27)16-19)30-13-11-29(12-14-30)22(25(32)33-3)18-9-7-6-8-10-18/h6-10,15-17,22H,4-5,11-14H2,1-3H3,(H,28,31). The van der Waals surface area contributed by atoms with Crippen LogP contribution in [0.5, 0.6) is 0 Å². The van der Waals surface area contributed by atoms with Gasteiger partial charge < -0.3 is 15.0 Å². The van der Waals surface area contributed by atoms with E-state index in [1.165, 1.54) is 7.11 Å². The molecule has 1 heterocycles. The predicted molar refractivity (Wildman–Crippen MR) is 124 cm³/mol. The number of ether oxygens (including phenoxy) is 1. The van der Waals surface area contributed by atoms with Crippen LogP contribution in [-0.4, -0.2) is 50.1 Å². The maximum absolute atomic E-state index is 14.9. The molecule has 2 aromatic rings. The Hall–Kier alpha value is -3.00. The predicted octanol–water partition coefficient (Wildman–Crippen LogP) is 4.38. The number of rotatable bonds is 8. The summed E-state index contributed by atoms with van der Waals surface area (Å²) < 4.78 is 34.8. The van der Waals surface area contributed by atoms with E-state index in [0.29, 0.717) is 39.0 Å². The molecule has 6 nitrogen and oxygen atoms in total. The maximum Gasteiger partial charge on any atom is 0.327 e. The van der Waals surface area contributed by atoms with Gasteiger partial charge in [-0.15, -0.1) is 0 Å². The summed E-state index contributed by atoms with van der Waals surface area (Å²) in [7, 11) is 1.35. The summed E-state index contributed by atoms with van der Waals surface area (Å²) in [6, 6.07) is 11.1. The molecule has 2 aromatic carbocycles. The second kappa shape index (κ2) is 11.2. The highest BCUT2D eigenvalue weighted by molar-refractivity contribution is 5.92. The Labute approximate surface area is 193 Å². The minimum Gasteiger partial charge on any atom is -0.468 e. The van der Waals surface area contributed by atoms with Gasteiger partial charge in [-0.3, -0.25) is 9.69 Å². The van der Waals surface area contributed by atoms with Gasteiger partial charge in [0.1, 0.15) is 11.7 Å². The summed E-state index contributed by atoms with van der Waals surface area (Å²) in [6.45, 7) is 5.35. The number of hydrogen-bond donors (Lipinski definition) is 1. The summed E-state index contributed by atoms with van der Waals surface area (Å²) in [6.07, 6.45) is 1.32. The van der Waals surface area contributed by atoms with Crippen molar-refractivity contribution in [3.05, 3.63) is 59.7 Å². The number of benzene rings is 2. The Bertz CT molecular complexity index is 936. The minimum absolute atomic E-state index is 0.110. The van der Waals surface area contributed by atoms with E-state index in [1.807, 2.05) is 49.1 Å². The van der Waals surface area contributed by atoms with Gasteiger partial charge in [-0.25, -0.2) is 13.6 Å². The van der Waals surface area contributed by atoms with Gasteiger partial charge in [0.15, 0.2) is 11.6 Å². The lowest BCUT2D eigenvalue weighted by Crippen LogP contribution is -2.50. The van der Waals surface area contributed by atoms with Crippen molar-refractivity contribution in [2.75, 3.05) is 43.5 Å². The molecular formula is C25H31F2N3O3. The van der Waals surface area contributed by atoms with E-state index in [-0.39, 0.29) is 29.2 Å². The number of hydrogen-bond acceptors (Lipinski definition) is 5. The number of halogens is 2. The fraction of sp³-hybridized carbons (Fsp3) is 0.440. The van der Waals surface area contributed by atoms with Crippen LogP contribution in [0.25, 0.3) is 0 Å². The van der Waals surface area contributed by atoms with Crippen molar-refractivity contribution < 1.29 is 23.1 Å². The quantitative estimate of drug-likeness (QED) is 0.594. The molecule has 0 aliphatic carbocycles. The molecule has 0 saturated carbocycles. The van der Waals surface area contributed by atoms with Gasteiger partial charge in [-0.05, 0) is 30.5 Å². The molecule has 0 bridgehead atoms. The smallest absolute Gasteiger partial charge is 0.327 e. The van der Waals surface area contributed by atoms with E-state index < -0.39 is 17.7 Å². The summed E-state index contributed by atoms with van der Waals surface area (Å²) in [5.41, 5.74) is 0.802. The van der Waals surface area contributed by atoms with Crippen LogP contribution < -0.4 is 10.2 Å². The van der Waals surface area contributed by atoms with Gasteiger partial charge in [-0.1, -0.05) is 44.2 Å². The van der Waals surface area contributed by atoms with Crippen LogP contribution in [0.4, 0.5) is 20.2 Å². The van der Waals surface area contributed by atoms with Gasteiger partial charge in [0.25, 0.3) is 0 Å². The topological polar surface area (TPSA) is 61.9 Å². The number of nitrogens with zero attached hydrogens (tertiary/aromatic N) is 2. The summed E-state index contributed by atoms with van der Waals surface area (Å²) in [5, 5.41) is 2.62. The molecule has 1 aliphatic heterocycles. The third-order valence-electron chi connectivity index (χ3n) is 6.18. The molecule has 3 rings (SSSR count).